The van der Waals surface area contributed by atoms with Gasteiger partial charge in [0.1, 0.15) is 5.01 Å². The zero-order valence-electron chi connectivity index (χ0n) is 11.9. The summed E-state index contributed by atoms with van der Waals surface area (Å²) in [6, 6.07) is 16.8. The minimum Gasteiger partial charge on any atom is -0.296 e. The minimum atomic E-state index is -0.222. The maximum absolute atomic E-state index is 12.1. The molecule has 3 rings (SSSR count). The Morgan fingerprint density at radius 2 is 1.83 bits per heavy atom. The molecule has 3 aromatic rings. The molecule has 0 spiro atoms. The molecule has 0 unspecified atom stereocenters. The van der Waals surface area contributed by atoms with E-state index in [0.717, 1.165) is 10.8 Å². The normalized spacial score (nSPS) is 10.5. The lowest BCUT2D eigenvalue weighted by Crippen LogP contribution is -2.11. The van der Waals surface area contributed by atoms with Crippen molar-refractivity contribution in [1.29, 1.82) is 0 Å². The van der Waals surface area contributed by atoms with E-state index in [1.807, 2.05) is 18.2 Å². The fourth-order valence-corrected chi connectivity index (χ4v) is 3.56. The quantitative estimate of drug-likeness (QED) is 0.667. The van der Waals surface area contributed by atoms with Crippen molar-refractivity contribution in [2.24, 2.45) is 0 Å². The van der Waals surface area contributed by atoms with Crippen LogP contribution in [-0.2, 0) is 5.75 Å². The molecule has 1 amide bonds. The Labute approximate surface area is 146 Å². The number of anilines is 1. The number of thioether (sulfide) groups is 1. The summed E-state index contributed by atoms with van der Waals surface area (Å²) in [4.78, 5) is 13.3. The number of nitrogens with zero attached hydrogens (tertiary/aromatic N) is 2. The summed E-state index contributed by atoms with van der Waals surface area (Å²) < 4.78 is 0. The van der Waals surface area contributed by atoms with Crippen LogP contribution in [0.4, 0.5) is 5.13 Å². The Kier molecular flexibility index (Phi) is 5.27. The number of halogens is 1. The Bertz CT molecular complexity index is 791. The largest absolute Gasteiger partial charge is 0.296 e. The third-order valence-electron chi connectivity index (χ3n) is 2.90. The number of benzene rings is 2. The first-order valence-electron chi connectivity index (χ1n) is 6.78. The lowest BCUT2D eigenvalue weighted by Gasteiger charge is -2.00. The summed E-state index contributed by atoms with van der Waals surface area (Å²) >= 11 is 8.87. The van der Waals surface area contributed by atoms with Gasteiger partial charge in [0.05, 0.1) is 5.75 Å². The SMILES string of the molecule is O=C(Nc1nnc(CSc2ccccc2)s1)c1ccc(Cl)cc1. The second kappa shape index (κ2) is 7.59. The van der Waals surface area contributed by atoms with Crippen LogP contribution in [0, 0.1) is 0 Å². The van der Waals surface area contributed by atoms with E-state index >= 15 is 0 Å². The molecule has 0 aliphatic carbocycles. The van der Waals surface area contributed by atoms with Crippen LogP contribution >= 0.6 is 34.7 Å². The third kappa shape index (κ3) is 4.54. The van der Waals surface area contributed by atoms with E-state index in [1.54, 1.807) is 36.0 Å². The predicted octanol–water partition coefficient (Wildman–Crippen LogP) is 4.74. The highest BCUT2D eigenvalue weighted by atomic mass is 35.5. The fourth-order valence-electron chi connectivity index (χ4n) is 1.79. The molecule has 1 N–H and O–H groups in total. The predicted molar refractivity (Wildman–Crippen MR) is 95.3 cm³/mol. The topological polar surface area (TPSA) is 54.9 Å². The molecular formula is C16H12ClN3OS2. The summed E-state index contributed by atoms with van der Waals surface area (Å²) in [7, 11) is 0. The average molecular weight is 362 g/mol. The monoisotopic (exact) mass is 361 g/mol. The van der Waals surface area contributed by atoms with Gasteiger partial charge in [-0.25, -0.2) is 0 Å². The van der Waals surface area contributed by atoms with E-state index in [0.29, 0.717) is 15.7 Å². The zero-order valence-corrected chi connectivity index (χ0v) is 14.3. The number of aromatic nitrogens is 2. The van der Waals surface area contributed by atoms with Crippen molar-refractivity contribution in [3.8, 4) is 0 Å². The number of hydrogen-bond donors (Lipinski definition) is 1. The number of amides is 1. The maximum atomic E-state index is 12.1. The molecule has 4 nitrogen and oxygen atoms in total. The lowest BCUT2D eigenvalue weighted by atomic mass is 10.2. The smallest absolute Gasteiger partial charge is 0.257 e. The molecule has 0 radical (unpaired) electrons. The van der Waals surface area contributed by atoms with Gasteiger partial charge in [0.2, 0.25) is 5.13 Å². The second-order valence-electron chi connectivity index (χ2n) is 4.56. The summed E-state index contributed by atoms with van der Waals surface area (Å²) in [6.45, 7) is 0. The Morgan fingerprint density at radius 1 is 1.09 bits per heavy atom. The van der Waals surface area contributed by atoms with Gasteiger partial charge in [-0.3, -0.25) is 10.1 Å². The van der Waals surface area contributed by atoms with Gasteiger partial charge < -0.3 is 0 Å². The van der Waals surface area contributed by atoms with Crippen LogP contribution < -0.4 is 5.32 Å². The summed E-state index contributed by atoms with van der Waals surface area (Å²) in [5, 5.41) is 12.8. The van der Waals surface area contributed by atoms with Crippen molar-refractivity contribution in [3.05, 3.63) is 70.2 Å². The van der Waals surface area contributed by atoms with Crippen molar-refractivity contribution in [1.82, 2.24) is 10.2 Å². The van der Waals surface area contributed by atoms with E-state index in [1.165, 1.54) is 16.2 Å². The molecule has 0 aliphatic rings. The van der Waals surface area contributed by atoms with Crippen molar-refractivity contribution >= 4 is 45.7 Å². The Balaban J connectivity index is 1.58. The van der Waals surface area contributed by atoms with Crippen LogP contribution in [0.25, 0.3) is 0 Å². The van der Waals surface area contributed by atoms with Crippen molar-refractivity contribution in [2.75, 3.05) is 5.32 Å². The van der Waals surface area contributed by atoms with Gasteiger partial charge in [0.15, 0.2) is 0 Å². The minimum absolute atomic E-state index is 0.222. The first kappa shape index (κ1) is 16.0. The van der Waals surface area contributed by atoms with Gasteiger partial charge >= 0.3 is 0 Å². The van der Waals surface area contributed by atoms with E-state index in [-0.39, 0.29) is 5.91 Å². The van der Waals surface area contributed by atoms with Crippen LogP contribution in [0.1, 0.15) is 15.4 Å². The summed E-state index contributed by atoms with van der Waals surface area (Å²) in [5.74, 6) is 0.499. The summed E-state index contributed by atoms with van der Waals surface area (Å²) in [6.07, 6.45) is 0. The van der Waals surface area contributed by atoms with Gasteiger partial charge in [0.25, 0.3) is 5.91 Å². The zero-order chi connectivity index (χ0) is 16.1. The van der Waals surface area contributed by atoms with Crippen LogP contribution in [-0.4, -0.2) is 16.1 Å². The Morgan fingerprint density at radius 3 is 2.57 bits per heavy atom. The highest BCUT2D eigenvalue weighted by Gasteiger charge is 2.10. The molecule has 0 aliphatic heterocycles. The lowest BCUT2D eigenvalue weighted by molar-refractivity contribution is 0.102. The molecule has 0 bridgehead atoms. The molecule has 1 heterocycles. The van der Waals surface area contributed by atoms with Crippen molar-refractivity contribution in [3.63, 3.8) is 0 Å². The number of carbonyl (C=O) groups excluding carboxylic acids is 1. The van der Waals surface area contributed by atoms with Crippen LogP contribution in [0.5, 0.6) is 0 Å². The number of rotatable bonds is 5. The van der Waals surface area contributed by atoms with Crippen LogP contribution in [0.2, 0.25) is 5.02 Å². The van der Waals surface area contributed by atoms with E-state index in [9.17, 15) is 4.79 Å². The van der Waals surface area contributed by atoms with E-state index < -0.39 is 0 Å². The molecular weight excluding hydrogens is 350 g/mol. The number of nitrogens with one attached hydrogen (secondary N) is 1. The first-order valence-corrected chi connectivity index (χ1v) is 8.96. The molecule has 0 atom stereocenters. The third-order valence-corrected chi connectivity index (χ3v) is 5.20. The maximum Gasteiger partial charge on any atom is 0.257 e. The fraction of sp³-hybridized carbons (Fsp3) is 0.0625. The molecule has 0 fully saturated rings. The molecule has 0 saturated heterocycles. The number of hydrogen-bond acceptors (Lipinski definition) is 5. The van der Waals surface area contributed by atoms with Gasteiger partial charge in [-0.1, -0.05) is 41.1 Å². The van der Waals surface area contributed by atoms with Gasteiger partial charge in [0, 0.05) is 15.5 Å². The van der Waals surface area contributed by atoms with Crippen LogP contribution in [0.3, 0.4) is 0 Å². The average Bonchev–Trinajstić information content (AvgIpc) is 3.02. The van der Waals surface area contributed by atoms with Gasteiger partial charge in [-0.2, -0.15) is 0 Å². The highest BCUT2D eigenvalue weighted by Crippen LogP contribution is 2.25. The molecule has 7 heteroatoms. The van der Waals surface area contributed by atoms with Crippen molar-refractivity contribution in [2.45, 2.75) is 10.6 Å². The first-order chi connectivity index (χ1) is 11.2. The van der Waals surface area contributed by atoms with Crippen molar-refractivity contribution < 1.29 is 4.79 Å². The van der Waals surface area contributed by atoms with Gasteiger partial charge in [-0.15, -0.1) is 22.0 Å². The molecule has 0 saturated carbocycles. The highest BCUT2D eigenvalue weighted by molar-refractivity contribution is 7.98. The summed E-state index contributed by atoms with van der Waals surface area (Å²) in [5.41, 5.74) is 0.532. The molecule has 116 valence electrons. The standard InChI is InChI=1S/C16H12ClN3OS2/c17-12-8-6-11(7-9-12)15(21)18-16-20-19-14(23-16)10-22-13-4-2-1-3-5-13/h1-9H,10H2,(H,18,20,21). The van der Waals surface area contributed by atoms with Crippen LogP contribution in [0.15, 0.2) is 59.5 Å². The molecule has 1 aromatic heterocycles. The second-order valence-corrected chi connectivity index (χ2v) is 7.11. The molecule has 23 heavy (non-hydrogen) atoms. The number of carbonyl (C=O) groups is 1. The Hall–Kier alpha value is -1.89. The van der Waals surface area contributed by atoms with E-state index in [2.05, 4.69) is 27.6 Å². The van der Waals surface area contributed by atoms with Gasteiger partial charge in [-0.05, 0) is 36.4 Å². The van der Waals surface area contributed by atoms with E-state index in [4.69, 9.17) is 11.6 Å². The molecule has 2 aromatic carbocycles.